The number of hydrogen-bond acceptors (Lipinski definition) is 4. The van der Waals surface area contributed by atoms with Crippen molar-refractivity contribution in [2.24, 2.45) is 5.92 Å². The zero-order valence-electron chi connectivity index (χ0n) is 11.3. The summed E-state index contributed by atoms with van der Waals surface area (Å²) in [5.41, 5.74) is 1.14. The topological polar surface area (TPSA) is 74.1 Å². The van der Waals surface area contributed by atoms with Crippen LogP contribution in [0.1, 0.15) is 24.8 Å². The molecule has 2 fully saturated rings. The van der Waals surface area contributed by atoms with Crippen molar-refractivity contribution in [1.29, 1.82) is 5.26 Å². The first kappa shape index (κ1) is 12.9. The van der Waals surface area contributed by atoms with Crippen LogP contribution in [0.4, 0.5) is 5.69 Å². The van der Waals surface area contributed by atoms with E-state index in [1.54, 1.807) is 18.2 Å². The van der Waals surface area contributed by atoms with Gasteiger partial charge in [-0.25, -0.2) is 0 Å². The van der Waals surface area contributed by atoms with E-state index in [2.05, 4.69) is 16.7 Å². The number of rotatable bonds is 3. The lowest BCUT2D eigenvalue weighted by molar-refractivity contribution is -0.120. The van der Waals surface area contributed by atoms with E-state index in [0.29, 0.717) is 29.1 Å². The SMILES string of the molecule is COc1cc(C#N)ccc1NC(=O)C1CC2CCC1N2. The standard InChI is InChI=1S/C15H17N3O2/c1-20-14-6-9(8-16)2-4-13(14)18-15(19)11-7-10-3-5-12(11)17-10/h2,4,6,10-12,17H,3,5,7H2,1H3,(H,18,19). The van der Waals surface area contributed by atoms with Crippen LogP contribution >= 0.6 is 0 Å². The third-order valence-corrected chi connectivity index (χ3v) is 4.23. The number of amides is 1. The van der Waals surface area contributed by atoms with E-state index in [0.717, 1.165) is 12.8 Å². The molecule has 5 heteroatoms. The molecule has 104 valence electrons. The van der Waals surface area contributed by atoms with Gasteiger partial charge in [0.1, 0.15) is 5.75 Å². The summed E-state index contributed by atoms with van der Waals surface area (Å²) in [6, 6.07) is 7.89. The van der Waals surface area contributed by atoms with Crippen molar-refractivity contribution in [3.63, 3.8) is 0 Å². The number of carbonyl (C=O) groups excluding carboxylic acids is 1. The molecule has 5 nitrogen and oxygen atoms in total. The van der Waals surface area contributed by atoms with Gasteiger partial charge in [-0.2, -0.15) is 5.26 Å². The summed E-state index contributed by atoms with van der Waals surface area (Å²) in [6.07, 6.45) is 3.16. The predicted octanol–water partition coefficient (Wildman–Crippen LogP) is 1.65. The van der Waals surface area contributed by atoms with Crippen molar-refractivity contribution in [1.82, 2.24) is 5.32 Å². The molecular formula is C15H17N3O2. The molecule has 2 saturated heterocycles. The Morgan fingerprint density at radius 3 is 2.95 bits per heavy atom. The Bertz CT molecular complexity index is 579. The van der Waals surface area contributed by atoms with E-state index in [4.69, 9.17) is 10.00 Å². The number of nitrogens with zero attached hydrogens (tertiary/aromatic N) is 1. The quantitative estimate of drug-likeness (QED) is 0.876. The molecule has 0 saturated carbocycles. The average molecular weight is 271 g/mol. The van der Waals surface area contributed by atoms with E-state index >= 15 is 0 Å². The van der Waals surface area contributed by atoms with Gasteiger partial charge in [0.05, 0.1) is 30.3 Å². The number of hydrogen-bond donors (Lipinski definition) is 2. The third-order valence-electron chi connectivity index (χ3n) is 4.23. The normalized spacial score (nSPS) is 27.1. The first-order valence-corrected chi connectivity index (χ1v) is 6.86. The van der Waals surface area contributed by atoms with E-state index in [9.17, 15) is 4.79 Å². The second-order valence-corrected chi connectivity index (χ2v) is 5.41. The second-order valence-electron chi connectivity index (χ2n) is 5.41. The third kappa shape index (κ3) is 2.23. The molecule has 2 aliphatic heterocycles. The maximum Gasteiger partial charge on any atom is 0.229 e. The molecule has 1 aromatic rings. The van der Waals surface area contributed by atoms with Crippen LogP contribution in [-0.2, 0) is 4.79 Å². The van der Waals surface area contributed by atoms with Crippen molar-refractivity contribution in [3.8, 4) is 11.8 Å². The molecule has 0 aliphatic carbocycles. The van der Waals surface area contributed by atoms with Crippen LogP contribution < -0.4 is 15.4 Å². The minimum Gasteiger partial charge on any atom is -0.495 e. The first-order valence-electron chi connectivity index (χ1n) is 6.86. The summed E-state index contributed by atoms with van der Waals surface area (Å²) in [6.45, 7) is 0. The highest BCUT2D eigenvalue weighted by Gasteiger charge is 2.42. The maximum atomic E-state index is 12.4. The van der Waals surface area contributed by atoms with Gasteiger partial charge in [0.25, 0.3) is 0 Å². The highest BCUT2D eigenvalue weighted by Crippen LogP contribution is 2.34. The Morgan fingerprint density at radius 1 is 1.50 bits per heavy atom. The minimum absolute atomic E-state index is 0.0349. The predicted molar refractivity (Wildman–Crippen MR) is 74.4 cm³/mol. The molecule has 2 N–H and O–H groups in total. The Kier molecular flexibility index (Phi) is 3.33. The lowest BCUT2D eigenvalue weighted by Crippen LogP contribution is -2.32. The highest BCUT2D eigenvalue weighted by molar-refractivity contribution is 5.94. The molecule has 1 amide bonds. The van der Waals surface area contributed by atoms with Crippen molar-refractivity contribution in [2.75, 3.05) is 12.4 Å². The Hall–Kier alpha value is -2.06. The summed E-state index contributed by atoms with van der Waals surface area (Å²) < 4.78 is 5.23. The van der Waals surface area contributed by atoms with Crippen molar-refractivity contribution in [3.05, 3.63) is 23.8 Å². The van der Waals surface area contributed by atoms with Crippen molar-refractivity contribution >= 4 is 11.6 Å². The number of nitrogens with one attached hydrogen (secondary N) is 2. The number of anilines is 1. The zero-order chi connectivity index (χ0) is 14.1. The molecule has 1 aromatic carbocycles. The van der Waals surface area contributed by atoms with Crippen LogP contribution in [0, 0.1) is 17.2 Å². The fourth-order valence-electron chi connectivity index (χ4n) is 3.20. The lowest BCUT2D eigenvalue weighted by atomic mass is 9.88. The number of ether oxygens (including phenoxy) is 1. The van der Waals surface area contributed by atoms with Gasteiger partial charge in [-0.15, -0.1) is 0 Å². The fourth-order valence-corrected chi connectivity index (χ4v) is 3.20. The lowest BCUT2D eigenvalue weighted by Gasteiger charge is -2.20. The maximum absolute atomic E-state index is 12.4. The molecule has 0 aromatic heterocycles. The van der Waals surface area contributed by atoms with Gasteiger partial charge < -0.3 is 15.4 Å². The van der Waals surface area contributed by atoms with Gasteiger partial charge in [0, 0.05) is 18.2 Å². The molecule has 2 aliphatic rings. The molecule has 3 unspecified atom stereocenters. The van der Waals surface area contributed by atoms with E-state index in [1.807, 2.05) is 0 Å². The number of methoxy groups -OCH3 is 1. The molecule has 3 atom stereocenters. The Labute approximate surface area is 117 Å². The zero-order valence-corrected chi connectivity index (χ0v) is 11.3. The van der Waals surface area contributed by atoms with Gasteiger partial charge >= 0.3 is 0 Å². The van der Waals surface area contributed by atoms with Crippen LogP contribution in [0.2, 0.25) is 0 Å². The molecule has 0 radical (unpaired) electrons. The van der Waals surface area contributed by atoms with Crippen LogP contribution in [0.5, 0.6) is 5.75 Å². The summed E-state index contributed by atoms with van der Waals surface area (Å²) in [7, 11) is 1.53. The summed E-state index contributed by atoms with van der Waals surface area (Å²) >= 11 is 0. The molecule has 20 heavy (non-hydrogen) atoms. The monoisotopic (exact) mass is 271 g/mol. The number of benzene rings is 1. The number of carbonyl (C=O) groups is 1. The highest BCUT2D eigenvalue weighted by atomic mass is 16.5. The molecular weight excluding hydrogens is 254 g/mol. The van der Waals surface area contributed by atoms with E-state index in [-0.39, 0.29) is 11.8 Å². The average Bonchev–Trinajstić information content (AvgIpc) is 3.10. The second kappa shape index (κ2) is 5.14. The molecule has 3 rings (SSSR count). The molecule has 0 spiro atoms. The molecule has 2 heterocycles. The minimum atomic E-state index is 0.0349. The smallest absolute Gasteiger partial charge is 0.229 e. The van der Waals surface area contributed by atoms with E-state index in [1.165, 1.54) is 13.5 Å². The largest absolute Gasteiger partial charge is 0.495 e. The Balaban J connectivity index is 1.74. The van der Waals surface area contributed by atoms with Crippen LogP contribution in [0.3, 0.4) is 0 Å². The number of fused-ring (bicyclic) bond motifs is 2. The van der Waals surface area contributed by atoms with Gasteiger partial charge in [-0.05, 0) is 31.4 Å². The summed E-state index contributed by atoms with van der Waals surface area (Å²) in [5.74, 6) is 0.593. The summed E-state index contributed by atoms with van der Waals surface area (Å²) in [4.78, 5) is 12.4. The van der Waals surface area contributed by atoms with E-state index < -0.39 is 0 Å². The summed E-state index contributed by atoms with van der Waals surface area (Å²) in [5, 5.41) is 15.3. The van der Waals surface area contributed by atoms with Gasteiger partial charge in [0.15, 0.2) is 0 Å². The van der Waals surface area contributed by atoms with Gasteiger partial charge in [-0.3, -0.25) is 4.79 Å². The number of nitriles is 1. The van der Waals surface area contributed by atoms with Crippen LogP contribution in [-0.4, -0.2) is 25.1 Å². The van der Waals surface area contributed by atoms with Gasteiger partial charge in [-0.1, -0.05) is 0 Å². The fraction of sp³-hybridized carbons (Fsp3) is 0.467. The van der Waals surface area contributed by atoms with Crippen molar-refractivity contribution < 1.29 is 9.53 Å². The Morgan fingerprint density at radius 2 is 2.35 bits per heavy atom. The van der Waals surface area contributed by atoms with Crippen LogP contribution in [0.25, 0.3) is 0 Å². The first-order chi connectivity index (χ1) is 9.71. The molecule has 2 bridgehead atoms. The van der Waals surface area contributed by atoms with Gasteiger partial charge in [0.2, 0.25) is 5.91 Å². The van der Waals surface area contributed by atoms with Crippen LogP contribution in [0.15, 0.2) is 18.2 Å². The van der Waals surface area contributed by atoms with Crippen molar-refractivity contribution in [2.45, 2.75) is 31.3 Å².